The van der Waals surface area contributed by atoms with Gasteiger partial charge in [0.15, 0.2) is 0 Å². The van der Waals surface area contributed by atoms with Crippen molar-refractivity contribution in [3.63, 3.8) is 0 Å². The van der Waals surface area contributed by atoms with E-state index >= 15 is 0 Å². The molecule has 0 fully saturated rings. The standard InChI is InChI=1S/C17H16N2S/c1-12(16-9-10-17(18)20-16)19-11-14-7-4-6-13-5-2-3-8-15(13)14/h2-10,19H,1,11,18H2. The molecule has 3 rings (SSSR count). The summed E-state index contributed by atoms with van der Waals surface area (Å²) in [5.41, 5.74) is 7.94. The Morgan fingerprint density at radius 1 is 1.05 bits per heavy atom. The average Bonchev–Trinajstić information content (AvgIpc) is 2.91. The zero-order valence-corrected chi connectivity index (χ0v) is 11.9. The van der Waals surface area contributed by atoms with Crippen LogP contribution in [-0.4, -0.2) is 0 Å². The van der Waals surface area contributed by atoms with Crippen LogP contribution in [0.4, 0.5) is 5.00 Å². The molecule has 20 heavy (non-hydrogen) atoms. The first-order valence-corrected chi connectivity index (χ1v) is 7.31. The second-order valence-electron chi connectivity index (χ2n) is 4.67. The van der Waals surface area contributed by atoms with Crippen molar-refractivity contribution in [2.45, 2.75) is 6.54 Å². The first-order chi connectivity index (χ1) is 9.74. The Hall–Kier alpha value is -2.26. The summed E-state index contributed by atoms with van der Waals surface area (Å²) in [5.74, 6) is 0. The lowest BCUT2D eigenvalue weighted by Gasteiger charge is -2.10. The molecule has 0 bridgehead atoms. The molecule has 0 saturated heterocycles. The molecule has 3 N–H and O–H groups in total. The van der Waals surface area contributed by atoms with Gasteiger partial charge < -0.3 is 11.1 Å². The second kappa shape index (κ2) is 5.39. The third-order valence-electron chi connectivity index (χ3n) is 3.30. The molecule has 1 heterocycles. The first kappa shape index (κ1) is 12.8. The lowest BCUT2D eigenvalue weighted by Crippen LogP contribution is -2.10. The van der Waals surface area contributed by atoms with Crippen LogP contribution in [0.3, 0.4) is 0 Å². The van der Waals surface area contributed by atoms with Gasteiger partial charge in [-0.1, -0.05) is 49.0 Å². The highest BCUT2D eigenvalue weighted by Gasteiger charge is 2.04. The van der Waals surface area contributed by atoms with E-state index in [4.69, 9.17) is 5.73 Å². The molecule has 0 radical (unpaired) electrons. The fourth-order valence-electron chi connectivity index (χ4n) is 2.25. The van der Waals surface area contributed by atoms with Crippen LogP contribution < -0.4 is 11.1 Å². The molecular formula is C17H16N2S. The Labute approximate surface area is 122 Å². The third-order valence-corrected chi connectivity index (χ3v) is 4.27. The number of rotatable bonds is 4. The fourth-order valence-corrected chi connectivity index (χ4v) is 2.97. The van der Waals surface area contributed by atoms with Gasteiger partial charge in [0.2, 0.25) is 0 Å². The molecule has 3 heteroatoms. The molecule has 0 aliphatic heterocycles. The largest absolute Gasteiger partial charge is 0.391 e. The summed E-state index contributed by atoms with van der Waals surface area (Å²) in [6.45, 7) is 4.84. The van der Waals surface area contributed by atoms with Gasteiger partial charge in [-0.2, -0.15) is 0 Å². The van der Waals surface area contributed by atoms with E-state index in [2.05, 4.69) is 54.4 Å². The molecule has 0 spiro atoms. The Balaban J connectivity index is 1.79. The lowest BCUT2D eigenvalue weighted by atomic mass is 10.0. The van der Waals surface area contributed by atoms with Gasteiger partial charge in [0.1, 0.15) is 0 Å². The van der Waals surface area contributed by atoms with E-state index in [1.807, 2.05) is 12.1 Å². The van der Waals surface area contributed by atoms with E-state index < -0.39 is 0 Å². The van der Waals surface area contributed by atoms with Crippen LogP contribution in [-0.2, 0) is 6.54 Å². The Morgan fingerprint density at radius 3 is 2.65 bits per heavy atom. The molecule has 2 aromatic carbocycles. The van der Waals surface area contributed by atoms with E-state index in [0.29, 0.717) is 0 Å². The van der Waals surface area contributed by atoms with Gasteiger partial charge in [0.25, 0.3) is 0 Å². The molecule has 2 nitrogen and oxygen atoms in total. The van der Waals surface area contributed by atoms with Crippen molar-refractivity contribution in [1.29, 1.82) is 0 Å². The molecule has 0 atom stereocenters. The van der Waals surface area contributed by atoms with Crippen molar-refractivity contribution in [3.05, 3.63) is 71.6 Å². The fraction of sp³-hybridized carbons (Fsp3) is 0.0588. The molecule has 0 saturated carbocycles. The molecule has 3 aromatic rings. The smallest absolute Gasteiger partial charge is 0.0863 e. The maximum atomic E-state index is 5.75. The van der Waals surface area contributed by atoms with E-state index in [1.54, 1.807) is 11.3 Å². The topological polar surface area (TPSA) is 38.0 Å². The highest BCUT2D eigenvalue weighted by molar-refractivity contribution is 7.16. The van der Waals surface area contributed by atoms with E-state index in [0.717, 1.165) is 22.1 Å². The monoisotopic (exact) mass is 280 g/mol. The minimum Gasteiger partial charge on any atom is -0.391 e. The van der Waals surface area contributed by atoms with Crippen molar-refractivity contribution in [3.8, 4) is 0 Å². The van der Waals surface area contributed by atoms with Gasteiger partial charge in [-0.15, -0.1) is 11.3 Å². The van der Waals surface area contributed by atoms with E-state index in [-0.39, 0.29) is 0 Å². The normalized spacial score (nSPS) is 10.6. The summed E-state index contributed by atoms with van der Waals surface area (Å²) in [6, 6.07) is 18.7. The maximum absolute atomic E-state index is 5.75. The van der Waals surface area contributed by atoms with E-state index in [9.17, 15) is 0 Å². The molecule has 100 valence electrons. The van der Waals surface area contributed by atoms with Crippen LogP contribution in [0.25, 0.3) is 16.5 Å². The summed E-state index contributed by atoms with van der Waals surface area (Å²) < 4.78 is 0. The number of benzene rings is 2. The third kappa shape index (κ3) is 2.53. The molecular weight excluding hydrogens is 264 g/mol. The summed E-state index contributed by atoms with van der Waals surface area (Å²) in [5, 5.41) is 6.73. The van der Waals surface area contributed by atoms with Crippen LogP contribution in [0.2, 0.25) is 0 Å². The summed E-state index contributed by atoms with van der Waals surface area (Å²) in [7, 11) is 0. The van der Waals surface area contributed by atoms with Gasteiger partial charge in [0, 0.05) is 12.2 Å². The SMILES string of the molecule is C=C(NCc1cccc2ccccc12)c1ccc(N)s1. The number of nitrogens with two attached hydrogens (primary N) is 1. The number of nitrogens with one attached hydrogen (secondary N) is 1. The average molecular weight is 280 g/mol. The number of nitrogen functional groups attached to an aromatic ring is 1. The van der Waals surface area contributed by atoms with Crippen molar-refractivity contribution >= 4 is 32.8 Å². The van der Waals surface area contributed by atoms with Gasteiger partial charge in [-0.25, -0.2) is 0 Å². The van der Waals surface area contributed by atoms with Crippen LogP contribution in [0.1, 0.15) is 10.4 Å². The second-order valence-corrected chi connectivity index (χ2v) is 5.79. The van der Waals surface area contributed by atoms with Gasteiger partial charge in [-0.3, -0.25) is 0 Å². The van der Waals surface area contributed by atoms with Gasteiger partial charge in [-0.05, 0) is 28.5 Å². The van der Waals surface area contributed by atoms with Gasteiger partial charge >= 0.3 is 0 Å². The maximum Gasteiger partial charge on any atom is 0.0863 e. The van der Waals surface area contributed by atoms with Gasteiger partial charge in [0.05, 0.1) is 9.88 Å². The van der Waals surface area contributed by atoms with E-state index in [1.165, 1.54) is 16.3 Å². The van der Waals surface area contributed by atoms with Crippen LogP contribution in [0.15, 0.2) is 61.2 Å². The molecule has 0 unspecified atom stereocenters. The van der Waals surface area contributed by atoms with Crippen LogP contribution >= 0.6 is 11.3 Å². The Bertz CT molecular complexity index is 753. The molecule has 0 aliphatic carbocycles. The van der Waals surface area contributed by atoms with Crippen LogP contribution in [0.5, 0.6) is 0 Å². The quantitative estimate of drug-likeness (QED) is 0.750. The number of hydrogen-bond acceptors (Lipinski definition) is 3. The molecule has 0 amide bonds. The Morgan fingerprint density at radius 2 is 1.85 bits per heavy atom. The first-order valence-electron chi connectivity index (χ1n) is 6.49. The number of thiophene rings is 1. The number of anilines is 1. The zero-order valence-electron chi connectivity index (χ0n) is 11.1. The van der Waals surface area contributed by atoms with Crippen LogP contribution in [0, 0.1) is 0 Å². The predicted octanol–water partition coefficient (Wildman–Crippen LogP) is 4.24. The highest BCUT2D eigenvalue weighted by atomic mass is 32.1. The minimum absolute atomic E-state index is 0.762. The van der Waals surface area contributed by atoms with Crippen molar-refractivity contribution in [1.82, 2.24) is 5.32 Å². The summed E-state index contributed by atoms with van der Waals surface area (Å²) in [6.07, 6.45) is 0. The Kier molecular flexibility index (Phi) is 3.44. The summed E-state index contributed by atoms with van der Waals surface area (Å²) in [4.78, 5) is 1.09. The minimum atomic E-state index is 0.762. The zero-order chi connectivity index (χ0) is 13.9. The molecule has 1 aromatic heterocycles. The van der Waals surface area contributed by atoms with Crippen molar-refractivity contribution in [2.24, 2.45) is 0 Å². The molecule has 0 aliphatic rings. The lowest BCUT2D eigenvalue weighted by molar-refractivity contribution is 0.902. The van der Waals surface area contributed by atoms with Crippen molar-refractivity contribution < 1.29 is 0 Å². The summed E-state index contributed by atoms with van der Waals surface area (Å²) >= 11 is 1.55. The number of fused-ring (bicyclic) bond motifs is 1. The van der Waals surface area contributed by atoms with Crippen molar-refractivity contribution in [2.75, 3.05) is 5.73 Å². The predicted molar refractivity (Wildman–Crippen MR) is 88.6 cm³/mol. The number of hydrogen-bond donors (Lipinski definition) is 2. The highest BCUT2D eigenvalue weighted by Crippen LogP contribution is 2.24.